The second kappa shape index (κ2) is 8.60. The summed E-state index contributed by atoms with van der Waals surface area (Å²) in [6, 6.07) is 0. The lowest BCUT2D eigenvalue weighted by molar-refractivity contribution is -0.145. The lowest BCUT2D eigenvalue weighted by Crippen LogP contribution is -2.11. The van der Waals surface area contributed by atoms with Gasteiger partial charge in [-0.2, -0.15) is 0 Å². The Hall–Kier alpha value is -0.530. The largest absolute Gasteiger partial charge is 0.465 e. The molecule has 0 heterocycles. The molecular weight excluding hydrogens is 200 g/mol. The Labute approximate surface area is 99.8 Å². The topological polar surface area (TPSA) is 26.3 Å². The zero-order valence-corrected chi connectivity index (χ0v) is 10.7. The normalized spacial score (nSPS) is 16.6. The van der Waals surface area contributed by atoms with Gasteiger partial charge in [-0.15, -0.1) is 0 Å². The second-order valence-corrected chi connectivity index (χ2v) is 5.00. The van der Waals surface area contributed by atoms with E-state index in [1.165, 1.54) is 51.4 Å². The SMILES string of the molecule is CCCCCCCC(=O)OCC1CCCC1. The third kappa shape index (κ3) is 6.14. The first-order valence-corrected chi connectivity index (χ1v) is 6.98. The molecule has 2 nitrogen and oxygen atoms in total. The van der Waals surface area contributed by atoms with Crippen LogP contribution < -0.4 is 0 Å². The maximum absolute atomic E-state index is 11.4. The number of carbonyl (C=O) groups excluding carboxylic acids is 1. The zero-order valence-electron chi connectivity index (χ0n) is 10.7. The summed E-state index contributed by atoms with van der Waals surface area (Å²) in [6.07, 6.45) is 11.7. The minimum absolute atomic E-state index is 0.0170. The van der Waals surface area contributed by atoms with Crippen molar-refractivity contribution in [2.45, 2.75) is 71.1 Å². The van der Waals surface area contributed by atoms with Gasteiger partial charge < -0.3 is 4.74 Å². The molecule has 0 bridgehead atoms. The molecule has 0 aromatic carbocycles. The summed E-state index contributed by atoms with van der Waals surface area (Å²) < 4.78 is 5.29. The number of carbonyl (C=O) groups is 1. The van der Waals surface area contributed by atoms with Gasteiger partial charge in [-0.05, 0) is 25.2 Å². The monoisotopic (exact) mass is 226 g/mol. The van der Waals surface area contributed by atoms with E-state index in [0.29, 0.717) is 18.9 Å². The minimum atomic E-state index is 0.0170. The van der Waals surface area contributed by atoms with E-state index in [1.807, 2.05) is 0 Å². The molecule has 0 radical (unpaired) electrons. The fourth-order valence-electron chi connectivity index (χ4n) is 2.33. The van der Waals surface area contributed by atoms with E-state index >= 15 is 0 Å². The summed E-state index contributed by atoms with van der Waals surface area (Å²) in [5.74, 6) is 0.674. The number of esters is 1. The minimum Gasteiger partial charge on any atom is -0.465 e. The number of rotatable bonds is 8. The highest BCUT2D eigenvalue weighted by atomic mass is 16.5. The van der Waals surface area contributed by atoms with Gasteiger partial charge in [0.05, 0.1) is 6.61 Å². The van der Waals surface area contributed by atoms with Gasteiger partial charge in [0, 0.05) is 6.42 Å². The molecule has 2 heteroatoms. The van der Waals surface area contributed by atoms with Crippen LogP contribution in [0.15, 0.2) is 0 Å². The summed E-state index contributed by atoms with van der Waals surface area (Å²) in [6.45, 7) is 2.88. The number of ether oxygens (including phenoxy) is 1. The van der Waals surface area contributed by atoms with Gasteiger partial charge in [-0.3, -0.25) is 4.79 Å². The summed E-state index contributed by atoms with van der Waals surface area (Å²) in [5.41, 5.74) is 0. The maximum atomic E-state index is 11.4. The van der Waals surface area contributed by atoms with Gasteiger partial charge in [-0.1, -0.05) is 45.4 Å². The Morgan fingerprint density at radius 3 is 2.50 bits per heavy atom. The first kappa shape index (κ1) is 13.5. The van der Waals surface area contributed by atoms with Gasteiger partial charge in [0.1, 0.15) is 0 Å². The Kier molecular flexibility index (Phi) is 7.28. The fraction of sp³-hybridized carbons (Fsp3) is 0.929. The molecule has 0 saturated heterocycles. The van der Waals surface area contributed by atoms with Crippen LogP contribution in [0.1, 0.15) is 71.1 Å². The van der Waals surface area contributed by atoms with Crippen LogP contribution in [0.25, 0.3) is 0 Å². The quantitative estimate of drug-likeness (QED) is 0.460. The van der Waals surface area contributed by atoms with Gasteiger partial charge in [0.15, 0.2) is 0 Å². The Balaban J connectivity index is 1.90. The van der Waals surface area contributed by atoms with E-state index < -0.39 is 0 Å². The van der Waals surface area contributed by atoms with Crippen LogP contribution >= 0.6 is 0 Å². The predicted molar refractivity (Wildman–Crippen MR) is 66.3 cm³/mol. The number of unbranched alkanes of at least 4 members (excludes halogenated alkanes) is 4. The van der Waals surface area contributed by atoms with E-state index in [2.05, 4.69) is 6.92 Å². The fourth-order valence-corrected chi connectivity index (χ4v) is 2.33. The van der Waals surface area contributed by atoms with Crippen molar-refractivity contribution in [1.29, 1.82) is 0 Å². The molecule has 16 heavy (non-hydrogen) atoms. The van der Waals surface area contributed by atoms with Gasteiger partial charge in [0.25, 0.3) is 0 Å². The zero-order chi connectivity index (χ0) is 11.6. The molecule has 0 spiro atoms. The molecule has 0 aliphatic heterocycles. The van der Waals surface area contributed by atoms with Crippen molar-refractivity contribution in [3.8, 4) is 0 Å². The molecule has 0 aromatic heterocycles. The highest BCUT2D eigenvalue weighted by Gasteiger charge is 2.16. The van der Waals surface area contributed by atoms with Crippen LogP contribution in [0, 0.1) is 5.92 Å². The highest BCUT2D eigenvalue weighted by Crippen LogP contribution is 2.24. The van der Waals surface area contributed by atoms with Crippen molar-refractivity contribution < 1.29 is 9.53 Å². The van der Waals surface area contributed by atoms with E-state index in [9.17, 15) is 4.79 Å². The summed E-state index contributed by atoms with van der Waals surface area (Å²) in [4.78, 5) is 11.4. The van der Waals surface area contributed by atoms with E-state index in [4.69, 9.17) is 4.74 Å². The lowest BCUT2D eigenvalue weighted by Gasteiger charge is -2.09. The Bertz CT molecular complexity index is 183. The molecular formula is C14H26O2. The summed E-state index contributed by atoms with van der Waals surface area (Å²) in [7, 11) is 0. The molecule has 0 amide bonds. The molecule has 0 unspecified atom stereocenters. The van der Waals surface area contributed by atoms with Crippen molar-refractivity contribution in [3.63, 3.8) is 0 Å². The third-order valence-electron chi connectivity index (χ3n) is 3.44. The first-order valence-electron chi connectivity index (χ1n) is 6.98. The molecule has 1 aliphatic carbocycles. The molecule has 0 aromatic rings. The average Bonchev–Trinajstić information content (AvgIpc) is 2.79. The van der Waals surface area contributed by atoms with E-state index in [-0.39, 0.29) is 5.97 Å². The van der Waals surface area contributed by atoms with Crippen molar-refractivity contribution >= 4 is 5.97 Å². The molecule has 0 atom stereocenters. The van der Waals surface area contributed by atoms with E-state index in [0.717, 1.165) is 6.42 Å². The maximum Gasteiger partial charge on any atom is 0.305 e. The van der Waals surface area contributed by atoms with E-state index in [1.54, 1.807) is 0 Å². The van der Waals surface area contributed by atoms with Crippen molar-refractivity contribution in [2.75, 3.05) is 6.61 Å². The van der Waals surface area contributed by atoms with Crippen LogP contribution in [-0.4, -0.2) is 12.6 Å². The van der Waals surface area contributed by atoms with Crippen LogP contribution in [0.4, 0.5) is 0 Å². The molecule has 1 saturated carbocycles. The molecule has 1 rings (SSSR count). The second-order valence-electron chi connectivity index (χ2n) is 5.00. The smallest absolute Gasteiger partial charge is 0.305 e. The van der Waals surface area contributed by atoms with Crippen LogP contribution in [-0.2, 0) is 9.53 Å². The van der Waals surface area contributed by atoms with Gasteiger partial charge in [-0.25, -0.2) is 0 Å². The van der Waals surface area contributed by atoms with Crippen molar-refractivity contribution in [1.82, 2.24) is 0 Å². The Morgan fingerprint density at radius 1 is 1.12 bits per heavy atom. The number of hydrogen-bond donors (Lipinski definition) is 0. The first-order chi connectivity index (χ1) is 7.83. The standard InChI is InChI=1S/C14H26O2/c1-2-3-4-5-6-11-14(15)16-12-13-9-7-8-10-13/h13H,2-12H2,1H3. The average molecular weight is 226 g/mol. The summed E-state index contributed by atoms with van der Waals surface area (Å²) in [5, 5.41) is 0. The molecule has 94 valence electrons. The van der Waals surface area contributed by atoms with Crippen LogP contribution in [0.2, 0.25) is 0 Å². The Morgan fingerprint density at radius 2 is 1.81 bits per heavy atom. The van der Waals surface area contributed by atoms with Gasteiger partial charge >= 0.3 is 5.97 Å². The summed E-state index contributed by atoms with van der Waals surface area (Å²) >= 11 is 0. The lowest BCUT2D eigenvalue weighted by atomic mass is 10.1. The predicted octanol–water partition coefficient (Wildman–Crippen LogP) is 4.08. The highest BCUT2D eigenvalue weighted by molar-refractivity contribution is 5.69. The number of hydrogen-bond acceptors (Lipinski definition) is 2. The van der Waals surface area contributed by atoms with Crippen LogP contribution in [0.3, 0.4) is 0 Å². The van der Waals surface area contributed by atoms with Crippen molar-refractivity contribution in [3.05, 3.63) is 0 Å². The molecule has 1 fully saturated rings. The van der Waals surface area contributed by atoms with Crippen LogP contribution in [0.5, 0.6) is 0 Å². The molecule has 1 aliphatic rings. The van der Waals surface area contributed by atoms with Crippen molar-refractivity contribution in [2.24, 2.45) is 5.92 Å². The third-order valence-corrected chi connectivity index (χ3v) is 3.44. The van der Waals surface area contributed by atoms with Gasteiger partial charge in [0.2, 0.25) is 0 Å². The molecule has 0 N–H and O–H groups in total.